The maximum absolute atomic E-state index is 10.4. The molecule has 19 heavy (non-hydrogen) atoms. The minimum Gasteiger partial charge on any atom is -0.391 e. The van der Waals surface area contributed by atoms with Crippen LogP contribution in [0.4, 0.5) is 0 Å². The minimum absolute atomic E-state index is 0.210. The molecule has 110 valence electrons. The van der Waals surface area contributed by atoms with Crippen LogP contribution in [-0.2, 0) is 9.47 Å². The summed E-state index contributed by atoms with van der Waals surface area (Å²) in [5.41, 5.74) is 0. The van der Waals surface area contributed by atoms with E-state index < -0.39 is 0 Å². The molecule has 2 atom stereocenters. The number of aliphatic hydroxyl groups is 1. The number of likely N-dealkylation sites (tertiary alicyclic amines) is 1. The second-order valence-electron chi connectivity index (χ2n) is 6.29. The van der Waals surface area contributed by atoms with Gasteiger partial charge in [0.2, 0.25) is 0 Å². The largest absolute Gasteiger partial charge is 0.391 e. The number of rotatable bonds is 1. The van der Waals surface area contributed by atoms with Crippen LogP contribution in [0.3, 0.4) is 0 Å². The molecule has 3 fully saturated rings. The van der Waals surface area contributed by atoms with Crippen LogP contribution in [0.15, 0.2) is 0 Å². The second-order valence-corrected chi connectivity index (χ2v) is 6.29. The van der Waals surface area contributed by atoms with Crippen molar-refractivity contribution in [1.29, 1.82) is 0 Å². The normalized spacial score (nSPS) is 37.1. The third-order valence-electron chi connectivity index (χ3n) is 4.96. The molecule has 4 heteroatoms. The summed E-state index contributed by atoms with van der Waals surface area (Å²) in [4.78, 5) is 2.50. The Kier molecular flexibility index (Phi) is 4.42. The lowest BCUT2D eigenvalue weighted by Crippen LogP contribution is -2.54. The van der Waals surface area contributed by atoms with Crippen LogP contribution in [0.1, 0.15) is 51.4 Å². The van der Waals surface area contributed by atoms with Gasteiger partial charge in [0.25, 0.3) is 0 Å². The molecule has 0 aromatic rings. The van der Waals surface area contributed by atoms with E-state index in [9.17, 15) is 5.11 Å². The molecule has 2 aliphatic heterocycles. The van der Waals surface area contributed by atoms with Gasteiger partial charge >= 0.3 is 0 Å². The Morgan fingerprint density at radius 3 is 2.26 bits per heavy atom. The molecule has 0 bridgehead atoms. The first-order chi connectivity index (χ1) is 9.29. The highest BCUT2D eigenvalue weighted by molar-refractivity contribution is 4.93. The number of nitrogens with zero attached hydrogens (tertiary/aromatic N) is 1. The summed E-state index contributed by atoms with van der Waals surface area (Å²) >= 11 is 0. The average Bonchev–Trinajstić information content (AvgIpc) is 2.81. The molecule has 2 saturated heterocycles. The zero-order valence-electron chi connectivity index (χ0n) is 11.9. The van der Waals surface area contributed by atoms with E-state index in [1.54, 1.807) is 0 Å². The molecule has 4 nitrogen and oxygen atoms in total. The average molecular weight is 269 g/mol. The molecule has 1 spiro atoms. The van der Waals surface area contributed by atoms with E-state index in [1.165, 1.54) is 32.1 Å². The Morgan fingerprint density at radius 1 is 0.947 bits per heavy atom. The third kappa shape index (κ3) is 3.13. The Hall–Kier alpha value is -0.160. The molecule has 1 saturated carbocycles. The van der Waals surface area contributed by atoms with Gasteiger partial charge in [0.1, 0.15) is 0 Å². The molecule has 1 aliphatic carbocycles. The first-order valence-corrected chi connectivity index (χ1v) is 7.99. The number of ether oxygens (including phenoxy) is 2. The number of aliphatic hydroxyl groups excluding tert-OH is 1. The molecule has 2 unspecified atom stereocenters. The minimum atomic E-state index is -0.383. The summed E-state index contributed by atoms with van der Waals surface area (Å²) in [5, 5.41) is 10.4. The van der Waals surface area contributed by atoms with Crippen molar-refractivity contribution >= 4 is 0 Å². The quantitative estimate of drug-likeness (QED) is 0.789. The van der Waals surface area contributed by atoms with Crippen molar-refractivity contribution in [3.8, 4) is 0 Å². The predicted octanol–water partition coefficient (Wildman–Crippen LogP) is 1.91. The van der Waals surface area contributed by atoms with E-state index >= 15 is 0 Å². The Bertz CT molecular complexity index is 283. The van der Waals surface area contributed by atoms with E-state index in [1.807, 2.05) is 0 Å². The molecule has 2 heterocycles. The van der Waals surface area contributed by atoms with E-state index in [-0.39, 0.29) is 17.9 Å². The zero-order valence-corrected chi connectivity index (χ0v) is 11.9. The molecule has 3 rings (SSSR count). The van der Waals surface area contributed by atoms with Gasteiger partial charge in [-0.3, -0.25) is 4.90 Å². The molecular weight excluding hydrogens is 242 g/mol. The molecule has 0 aromatic carbocycles. The standard InChI is InChI=1S/C15H27NO3/c17-14-6-7-15(18-10-11-19-15)12-13(14)16-8-4-2-1-3-5-9-16/h13-14,17H,1-12H2. The molecule has 3 aliphatic rings. The highest BCUT2D eigenvalue weighted by atomic mass is 16.7. The van der Waals surface area contributed by atoms with Crippen molar-refractivity contribution in [1.82, 2.24) is 4.90 Å². The van der Waals surface area contributed by atoms with Crippen LogP contribution in [0.2, 0.25) is 0 Å². The van der Waals surface area contributed by atoms with Gasteiger partial charge in [-0.05, 0) is 32.4 Å². The van der Waals surface area contributed by atoms with Crippen LogP contribution in [-0.4, -0.2) is 54.2 Å². The molecule has 0 radical (unpaired) electrons. The van der Waals surface area contributed by atoms with E-state index in [4.69, 9.17) is 9.47 Å². The van der Waals surface area contributed by atoms with Gasteiger partial charge in [-0.15, -0.1) is 0 Å². The van der Waals surface area contributed by atoms with Crippen LogP contribution in [0.25, 0.3) is 0 Å². The maximum Gasteiger partial charge on any atom is 0.170 e. The lowest BCUT2D eigenvalue weighted by atomic mass is 9.86. The predicted molar refractivity (Wildman–Crippen MR) is 72.9 cm³/mol. The van der Waals surface area contributed by atoms with Gasteiger partial charge in [-0.25, -0.2) is 0 Å². The van der Waals surface area contributed by atoms with Crippen LogP contribution < -0.4 is 0 Å². The summed E-state index contributed by atoms with van der Waals surface area (Å²) in [6.07, 6.45) is 8.84. The van der Waals surface area contributed by atoms with Crippen molar-refractivity contribution in [3.63, 3.8) is 0 Å². The maximum atomic E-state index is 10.4. The van der Waals surface area contributed by atoms with Crippen molar-refractivity contribution < 1.29 is 14.6 Å². The first kappa shape index (κ1) is 13.8. The lowest BCUT2D eigenvalue weighted by molar-refractivity contribution is -0.205. The van der Waals surface area contributed by atoms with Crippen LogP contribution in [0.5, 0.6) is 0 Å². The van der Waals surface area contributed by atoms with Gasteiger partial charge in [0.15, 0.2) is 5.79 Å². The molecule has 0 aromatic heterocycles. The van der Waals surface area contributed by atoms with Crippen molar-refractivity contribution in [2.24, 2.45) is 0 Å². The third-order valence-corrected chi connectivity index (χ3v) is 4.96. The first-order valence-electron chi connectivity index (χ1n) is 7.99. The molecule has 0 amide bonds. The van der Waals surface area contributed by atoms with E-state index in [0.717, 1.165) is 32.4 Å². The second kappa shape index (κ2) is 6.08. The molecular formula is C15H27NO3. The molecule has 1 N–H and O–H groups in total. The fourth-order valence-electron chi connectivity index (χ4n) is 3.85. The fraction of sp³-hybridized carbons (Fsp3) is 1.00. The summed E-state index contributed by atoms with van der Waals surface area (Å²) in [6, 6.07) is 0.227. The van der Waals surface area contributed by atoms with Crippen molar-refractivity contribution in [3.05, 3.63) is 0 Å². The van der Waals surface area contributed by atoms with E-state index in [2.05, 4.69) is 4.90 Å². The van der Waals surface area contributed by atoms with Gasteiger partial charge in [0, 0.05) is 18.9 Å². The van der Waals surface area contributed by atoms with E-state index in [0.29, 0.717) is 13.2 Å². The van der Waals surface area contributed by atoms with Gasteiger partial charge in [-0.1, -0.05) is 19.3 Å². The Labute approximate surface area is 116 Å². The Balaban J connectivity index is 1.65. The number of hydrogen-bond donors (Lipinski definition) is 1. The van der Waals surface area contributed by atoms with Gasteiger partial charge < -0.3 is 14.6 Å². The number of hydrogen-bond acceptors (Lipinski definition) is 4. The smallest absolute Gasteiger partial charge is 0.170 e. The zero-order chi connectivity index (χ0) is 13.1. The van der Waals surface area contributed by atoms with Crippen molar-refractivity contribution in [2.75, 3.05) is 26.3 Å². The van der Waals surface area contributed by atoms with Gasteiger partial charge in [0.05, 0.1) is 19.3 Å². The Morgan fingerprint density at radius 2 is 1.58 bits per heavy atom. The summed E-state index contributed by atoms with van der Waals surface area (Å²) in [6.45, 7) is 3.67. The van der Waals surface area contributed by atoms with Crippen LogP contribution in [0, 0.1) is 0 Å². The highest BCUT2D eigenvalue weighted by Crippen LogP contribution is 2.38. The highest BCUT2D eigenvalue weighted by Gasteiger charge is 2.46. The fourth-order valence-corrected chi connectivity index (χ4v) is 3.85. The lowest BCUT2D eigenvalue weighted by Gasteiger charge is -2.44. The SMILES string of the molecule is OC1CCC2(CC1N1CCCCCCC1)OCCO2. The summed E-state index contributed by atoms with van der Waals surface area (Å²) < 4.78 is 11.7. The van der Waals surface area contributed by atoms with Crippen LogP contribution >= 0.6 is 0 Å². The summed E-state index contributed by atoms with van der Waals surface area (Å²) in [7, 11) is 0. The summed E-state index contributed by atoms with van der Waals surface area (Å²) in [5.74, 6) is -0.383. The van der Waals surface area contributed by atoms with Gasteiger partial charge in [-0.2, -0.15) is 0 Å². The monoisotopic (exact) mass is 269 g/mol. The van der Waals surface area contributed by atoms with Crippen molar-refractivity contribution in [2.45, 2.75) is 69.3 Å². The topological polar surface area (TPSA) is 41.9 Å².